The van der Waals surface area contributed by atoms with Crippen LogP contribution in [-0.2, 0) is 6.61 Å². The Morgan fingerprint density at radius 2 is 1.84 bits per heavy atom. The Kier molecular flexibility index (Phi) is 3.60. The van der Waals surface area contributed by atoms with Crippen LogP contribution in [-0.4, -0.2) is 5.97 Å². The SMILES string of the molecule is Cc1ccc(C)c(OCc2ccc(C(=O)[O-])o2)c1C. The molecule has 0 N–H and O–H groups in total. The number of rotatable bonds is 4. The molecule has 0 saturated carbocycles. The quantitative estimate of drug-likeness (QED) is 0.844. The van der Waals surface area contributed by atoms with Gasteiger partial charge in [0.15, 0.2) is 0 Å². The molecule has 1 aromatic heterocycles. The highest BCUT2D eigenvalue weighted by Crippen LogP contribution is 2.26. The van der Waals surface area contributed by atoms with Gasteiger partial charge in [-0.25, -0.2) is 0 Å². The third-order valence-electron chi connectivity index (χ3n) is 3.10. The summed E-state index contributed by atoms with van der Waals surface area (Å²) in [5.41, 5.74) is 3.26. The van der Waals surface area contributed by atoms with Crippen LogP contribution >= 0.6 is 0 Å². The van der Waals surface area contributed by atoms with E-state index in [1.54, 1.807) is 6.07 Å². The number of furan rings is 1. The average molecular weight is 259 g/mol. The molecule has 2 aromatic rings. The first-order chi connectivity index (χ1) is 8.99. The van der Waals surface area contributed by atoms with E-state index >= 15 is 0 Å². The predicted molar refractivity (Wildman–Crippen MR) is 68.0 cm³/mol. The van der Waals surface area contributed by atoms with Crippen molar-refractivity contribution in [2.24, 2.45) is 0 Å². The smallest absolute Gasteiger partial charge is 0.149 e. The summed E-state index contributed by atoms with van der Waals surface area (Å²) in [6, 6.07) is 6.97. The van der Waals surface area contributed by atoms with Gasteiger partial charge in [0, 0.05) is 0 Å². The first-order valence-corrected chi connectivity index (χ1v) is 5.98. The van der Waals surface area contributed by atoms with E-state index in [4.69, 9.17) is 9.15 Å². The number of hydrogen-bond acceptors (Lipinski definition) is 4. The topological polar surface area (TPSA) is 62.5 Å². The Balaban J connectivity index is 2.14. The second-order valence-corrected chi connectivity index (χ2v) is 4.50. The van der Waals surface area contributed by atoms with Gasteiger partial charge in [-0.1, -0.05) is 12.1 Å². The van der Waals surface area contributed by atoms with Gasteiger partial charge in [-0.2, -0.15) is 0 Å². The molecule has 2 rings (SSSR count). The summed E-state index contributed by atoms with van der Waals surface area (Å²) < 4.78 is 10.8. The van der Waals surface area contributed by atoms with Crippen LogP contribution in [0, 0.1) is 20.8 Å². The molecule has 4 nitrogen and oxygen atoms in total. The first-order valence-electron chi connectivity index (χ1n) is 5.98. The molecule has 100 valence electrons. The summed E-state index contributed by atoms with van der Waals surface area (Å²) >= 11 is 0. The zero-order valence-electron chi connectivity index (χ0n) is 11.1. The highest BCUT2D eigenvalue weighted by molar-refractivity contribution is 5.82. The molecule has 0 saturated heterocycles. The highest BCUT2D eigenvalue weighted by Gasteiger charge is 2.08. The van der Waals surface area contributed by atoms with Gasteiger partial charge >= 0.3 is 0 Å². The van der Waals surface area contributed by atoms with Crippen LogP contribution in [0.15, 0.2) is 28.7 Å². The van der Waals surface area contributed by atoms with Crippen LogP contribution in [0.2, 0.25) is 0 Å². The second kappa shape index (κ2) is 5.18. The van der Waals surface area contributed by atoms with E-state index in [-0.39, 0.29) is 12.4 Å². The van der Waals surface area contributed by atoms with Crippen molar-refractivity contribution in [1.82, 2.24) is 0 Å². The number of aryl methyl sites for hydroxylation is 2. The molecule has 0 radical (unpaired) electrons. The minimum absolute atomic E-state index is 0.184. The Morgan fingerprint density at radius 1 is 1.16 bits per heavy atom. The molecule has 0 unspecified atom stereocenters. The number of carboxylic acids is 1. The highest BCUT2D eigenvalue weighted by atomic mass is 16.5. The molecule has 19 heavy (non-hydrogen) atoms. The molecule has 0 bridgehead atoms. The minimum Gasteiger partial charge on any atom is -0.542 e. The van der Waals surface area contributed by atoms with Gasteiger partial charge in [-0.15, -0.1) is 0 Å². The number of benzene rings is 1. The van der Waals surface area contributed by atoms with Crippen LogP contribution in [0.25, 0.3) is 0 Å². The molecule has 0 atom stereocenters. The molecule has 0 aliphatic rings. The van der Waals surface area contributed by atoms with Gasteiger partial charge < -0.3 is 19.1 Å². The van der Waals surface area contributed by atoms with Crippen molar-refractivity contribution in [2.75, 3.05) is 0 Å². The summed E-state index contributed by atoms with van der Waals surface area (Å²) in [5, 5.41) is 10.6. The van der Waals surface area contributed by atoms with Crippen LogP contribution in [0.1, 0.15) is 33.0 Å². The normalized spacial score (nSPS) is 10.5. The largest absolute Gasteiger partial charge is 0.542 e. The molecule has 0 aliphatic carbocycles. The number of aromatic carboxylic acids is 1. The van der Waals surface area contributed by atoms with Crippen molar-refractivity contribution in [2.45, 2.75) is 27.4 Å². The van der Waals surface area contributed by atoms with Crippen LogP contribution in [0.3, 0.4) is 0 Å². The van der Waals surface area contributed by atoms with Crippen molar-refractivity contribution in [3.63, 3.8) is 0 Å². The van der Waals surface area contributed by atoms with Crippen molar-refractivity contribution >= 4 is 5.97 Å². The van der Waals surface area contributed by atoms with E-state index in [0.29, 0.717) is 5.76 Å². The van der Waals surface area contributed by atoms with Gasteiger partial charge in [0.25, 0.3) is 0 Å². The summed E-state index contributed by atoms with van der Waals surface area (Å²) in [5.74, 6) is -0.239. The number of carbonyl (C=O) groups is 1. The Hall–Kier alpha value is -2.23. The van der Waals surface area contributed by atoms with Crippen LogP contribution in [0.4, 0.5) is 0 Å². The third-order valence-corrected chi connectivity index (χ3v) is 3.10. The monoisotopic (exact) mass is 259 g/mol. The molecular formula is C15H15O4-. The zero-order chi connectivity index (χ0) is 14.0. The zero-order valence-corrected chi connectivity index (χ0v) is 11.1. The van der Waals surface area contributed by atoms with E-state index in [9.17, 15) is 9.90 Å². The number of carboxylic acid groups (broad SMARTS) is 1. The Labute approximate surface area is 111 Å². The number of carbonyl (C=O) groups excluding carboxylic acids is 1. The average Bonchev–Trinajstić information content (AvgIpc) is 2.83. The van der Waals surface area contributed by atoms with Gasteiger partial charge in [-0.05, 0) is 49.6 Å². The summed E-state index contributed by atoms with van der Waals surface area (Å²) in [6.45, 7) is 6.17. The van der Waals surface area contributed by atoms with Gasteiger partial charge in [0.2, 0.25) is 0 Å². The van der Waals surface area contributed by atoms with Gasteiger partial charge in [-0.3, -0.25) is 0 Å². The summed E-state index contributed by atoms with van der Waals surface area (Å²) in [7, 11) is 0. The van der Waals surface area contributed by atoms with E-state index in [0.717, 1.165) is 22.4 Å². The molecule has 0 aliphatic heterocycles. The lowest BCUT2D eigenvalue weighted by molar-refractivity contribution is -0.257. The van der Waals surface area contributed by atoms with Crippen molar-refractivity contribution < 1.29 is 19.1 Å². The third kappa shape index (κ3) is 2.78. The van der Waals surface area contributed by atoms with Crippen molar-refractivity contribution in [3.8, 4) is 5.75 Å². The number of hydrogen-bond donors (Lipinski definition) is 0. The Bertz CT molecular complexity index is 611. The van der Waals surface area contributed by atoms with Crippen molar-refractivity contribution in [1.29, 1.82) is 0 Å². The summed E-state index contributed by atoms with van der Waals surface area (Å²) in [4.78, 5) is 10.6. The lowest BCUT2D eigenvalue weighted by atomic mass is 10.1. The molecule has 0 amide bonds. The van der Waals surface area contributed by atoms with E-state index in [1.807, 2.05) is 32.9 Å². The van der Waals surface area contributed by atoms with E-state index < -0.39 is 5.97 Å². The standard InChI is InChI=1S/C15H16O4/c1-9-4-5-10(2)14(11(9)3)18-8-12-6-7-13(19-12)15(16)17/h4-7H,8H2,1-3H3,(H,16,17)/p-1. The lowest BCUT2D eigenvalue weighted by Gasteiger charge is -2.13. The van der Waals surface area contributed by atoms with Gasteiger partial charge in [0.1, 0.15) is 29.8 Å². The molecular weight excluding hydrogens is 244 g/mol. The maximum absolute atomic E-state index is 10.6. The fourth-order valence-electron chi connectivity index (χ4n) is 1.86. The summed E-state index contributed by atoms with van der Waals surface area (Å²) in [6.07, 6.45) is 0. The molecule has 4 heteroatoms. The van der Waals surface area contributed by atoms with Crippen LogP contribution in [0.5, 0.6) is 5.75 Å². The molecule has 0 spiro atoms. The molecule has 0 fully saturated rings. The van der Waals surface area contributed by atoms with Crippen molar-refractivity contribution in [3.05, 3.63) is 52.5 Å². The van der Waals surface area contributed by atoms with Crippen LogP contribution < -0.4 is 9.84 Å². The fraction of sp³-hybridized carbons (Fsp3) is 0.267. The minimum atomic E-state index is -1.32. The molecule has 1 heterocycles. The first kappa shape index (κ1) is 13.2. The Morgan fingerprint density at radius 3 is 2.47 bits per heavy atom. The maximum atomic E-state index is 10.6. The van der Waals surface area contributed by atoms with Gasteiger partial charge in [0.05, 0.1) is 0 Å². The lowest BCUT2D eigenvalue weighted by Crippen LogP contribution is -2.21. The van der Waals surface area contributed by atoms with E-state index in [2.05, 4.69) is 0 Å². The number of ether oxygens (including phenoxy) is 1. The molecule has 1 aromatic carbocycles. The van der Waals surface area contributed by atoms with E-state index in [1.165, 1.54) is 6.07 Å². The second-order valence-electron chi connectivity index (χ2n) is 4.50. The fourth-order valence-corrected chi connectivity index (χ4v) is 1.86. The predicted octanol–water partition coefficient (Wildman–Crippen LogP) is 2.15. The maximum Gasteiger partial charge on any atom is 0.149 e.